The van der Waals surface area contributed by atoms with E-state index in [0.29, 0.717) is 16.4 Å². The first-order valence-corrected chi connectivity index (χ1v) is 13.0. The zero-order valence-corrected chi connectivity index (χ0v) is 20.8. The summed E-state index contributed by atoms with van der Waals surface area (Å²) in [6.45, 7) is 1.50. The topological polar surface area (TPSA) is 95.4 Å². The molecule has 0 spiro atoms. The number of fused-ring (bicyclic) bond motifs is 2. The van der Waals surface area contributed by atoms with E-state index in [1.165, 1.54) is 0 Å². The normalized spacial score (nSPS) is 20.3. The Kier molecular flexibility index (Phi) is 5.44. The highest BCUT2D eigenvalue weighted by atomic mass is 35.5. The molecule has 2 atom stereocenters. The molecule has 0 N–H and O–H groups in total. The molecule has 1 aromatic carbocycles. The van der Waals surface area contributed by atoms with Crippen LogP contribution in [0, 0.1) is 0 Å². The minimum atomic E-state index is -0.204. The maximum Gasteiger partial charge on any atom is 0.284 e. The van der Waals surface area contributed by atoms with E-state index in [-0.39, 0.29) is 17.8 Å². The monoisotopic (exact) mass is 516 g/mol. The minimum absolute atomic E-state index is 0.0679. The van der Waals surface area contributed by atoms with E-state index in [4.69, 9.17) is 26.4 Å². The van der Waals surface area contributed by atoms with Gasteiger partial charge in [0.15, 0.2) is 22.8 Å². The summed E-state index contributed by atoms with van der Waals surface area (Å²) < 4.78 is 11.3. The number of anilines is 1. The third-order valence-corrected chi connectivity index (χ3v) is 7.61. The molecule has 0 bridgehead atoms. The van der Waals surface area contributed by atoms with Crippen molar-refractivity contribution in [1.82, 2.24) is 33.7 Å². The van der Waals surface area contributed by atoms with Crippen LogP contribution in [0.2, 0.25) is 5.02 Å². The summed E-state index contributed by atoms with van der Waals surface area (Å²) in [6.07, 6.45) is 9.92. The van der Waals surface area contributed by atoms with Crippen LogP contribution in [0.4, 0.5) is 5.82 Å². The summed E-state index contributed by atoms with van der Waals surface area (Å²) >= 11 is 6.38. The van der Waals surface area contributed by atoms with Gasteiger partial charge in [-0.15, -0.1) is 0 Å². The standard InChI is InChI=1S/C26H25ClN8O2/c27-18-11-13-34-22(18)26(36)35(17-7-2-1-3-8-17)23(31-34)19-9-6-12-32(19)24-21-25(29-15-28-24)33(16-30-21)20-10-4-5-14-37-20/h1-3,7-8,11,13,15-16,19-20H,4-6,9-10,12,14H2/t19-,20?/m1/s1. The first-order chi connectivity index (χ1) is 18.2. The van der Waals surface area contributed by atoms with Gasteiger partial charge in [0.2, 0.25) is 0 Å². The minimum Gasteiger partial charge on any atom is -0.358 e. The van der Waals surface area contributed by atoms with Gasteiger partial charge in [-0.25, -0.2) is 19.5 Å². The predicted molar refractivity (Wildman–Crippen MR) is 139 cm³/mol. The molecule has 2 aliphatic heterocycles. The molecule has 2 fully saturated rings. The van der Waals surface area contributed by atoms with Gasteiger partial charge in [-0.3, -0.25) is 13.9 Å². The van der Waals surface area contributed by atoms with Crippen LogP contribution in [-0.2, 0) is 4.74 Å². The van der Waals surface area contributed by atoms with Gasteiger partial charge in [0, 0.05) is 19.3 Å². The van der Waals surface area contributed by atoms with Crippen LogP contribution in [0.5, 0.6) is 0 Å². The van der Waals surface area contributed by atoms with Crippen LogP contribution in [-0.4, -0.2) is 46.9 Å². The van der Waals surface area contributed by atoms with E-state index in [0.717, 1.165) is 67.9 Å². The van der Waals surface area contributed by atoms with Crippen LogP contribution in [0.15, 0.2) is 60.0 Å². The van der Waals surface area contributed by atoms with E-state index in [2.05, 4.69) is 14.9 Å². The lowest BCUT2D eigenvalue weighted by molar-refractivity contribution is -0.0298. The summed E-state index contributed by atoms with van der Waals surface area (Å²) in [5.41, 5.74) is 2.37. The van der Waals surface area contributed by atoms with Crippen LogP contribution in [0.1, 0.15) is 50.2 Å². The second kappa shape index (κ2) is 8.97. The van der Waals surface area contributed by atoms with Gasteiger partial charge in [-0.1, -0.05) is 29.8 Å². The van der Waals surface area contributed by atoms with E-state index in [1.54, 1.807) is 34.0 Å². The highest BCUT2D eigenvalue weighted by Crippen LogP contribution is 2.38. The maximum atomic E-state index is 13.8. The Hall–Kier alpha value is -3.76. The van der Waals surface area contributed by atoms with Crippen molar-refractivity contribution in [3.05, 3.63) is 76.5 Å². The third-order valence-electron chi connectivity index (χ3n) is 7.30. The van der Waals surface area contributed by atoms with Crippen molar-refractivity contribution in [3.8, 4) is 5.69 Å². The van der Waals surface area contributed by atoms with Gasteiger partial charge >= 0.3 is 0 Å². The summed E-state index contributed by atoms with van der Waals surface area (Å²) in [5.74, 6) is 1.37. The van der Waals surface area contributed by atoms with Crippen LogP contribution in [0.25, 0.3) is 22.4 Å². The lowest BCUT2D eigenvalue weighted by Crippen LogP contribution is -2.33. The average molecular weight is 517 g/mol. The van der Waals surface area contributed by atoms with Gasteiger partial charge in [0.05, 0.1) is 23.1 Å². The summed E-state index contributed by atoms with van der Waals surface area (Å²) in [5, 5.41) is 5.29. The number of hydrogen-bond donors (Lipinski definition) is 0. The maximum absolute atomic E-state index is 13.8. The van der Waals surface area contributed by atoms with E-state index < -0.39 is 0 Å². The zero-order chi connectivity index (χ0) is 24.9. The average Bonchev–Trinajstić information content (AvgIpc) is 3.68. The molecule has 6 heterocycles. The lowest BCUT2D eigenvalue weighted by atomic mass is 10.2. The number of aromatic nitrogens is 7. The van der Waals surface area contributed by atoms with Crippen molar-refractivity contribution in [1.29, 1.82) is 0 Å². The molecule has 37 heavy (non-hydrogen) atoms. The second-order valence-electron chi connectivity index (χ2n) is 9.49. The molecule has 11 heteroatoms. The molecule has 5 aromatic rings. The molecule has 0 saturated carbocycles. The molecule has 0 radical (unpaired) electrons. The molecule has 7 rings (SSSR count). The molecule has 2 aliphatic rings. The molecule has 0 amide bonds. The molecule has 1 unspecified atom stereocenters. The SMILES string of the molecule is O=c1c2c(Cl)ccn2nc([C@H]2CCCN2c2ncnc3c2ncn3C2CCCCO2)n1-c1ccccc1. The summed E-state index contributed by atoms with van der Waals surface area (Å²) in [4.78, 5) is 29.9. The van der Waals surface area contributed by atoms with Gasteiger partial charge in [-0.2, -0.15) is 5.10 Å². The number of para-hydroxylation sites is 1. The van der Waals surface area contributed by atoms with Crippen molar-refractivity contribution >= 4 is 34.1 Å². The smallest absolute Gasteiger partial charge is 0.284 e. The van der Waals surface area contributed by atoms with Crippen molar-refractivity contribution in [2.24, 2.45) is 0 Å². The quantitative estimate of drug-likeness (QED) is 0.351. The molecule has 10 nitrogen and oxygen atoms in total. The molecule has 0 aliphatic carbocycles. The van der Waals surface area contributed by atoms with E-state index >= 15 is 0 Å². The van der Waals surface area contributed by atoms with Crippen molar-refractivity contribution in [2.75, 3.05) is 18.1 Å². The van der Waals surface area contributed by atoms with Crippen molar-refractivity contribution in [2.45, 2.75) is 44.4 Å². The fraction of sp³-hybridized carbons (Fsp3) is 0.346. The van der Waals surface area contributed by atoms with Crippen molar-refractivity contribution < 1.29 is 4.74 Å². The Morgan fingerprint density at radius 1 is 1.00 bits per heavy atom. The Bertz CT molecular complexity index is 1650. The first kappa shape index (κ1) is 22.4. The Labute approximate surface area is 217 Å². The lowest BCUT2D eigenvalue weighted by Gasteiger charge is -2.27. The highest BCUT2D eigenvalue weighted by molar-refractivity contribution is 6.33. The number of hydrogen-bond acceptors (Lipinski definition) is 7. The summed E-state index contributed by atoms with van der Waals surface area (Å²) in [6, 6.07) is 11.1. The molecule has 4 aromatic heterocycles. The van der Waals surface area contributed by atoms with Crippen LogP contribution < -0.4 is 10.5 Å². The molecule has 188 valence electrons. The van der Waals surface area contributed by atoms with Gasteiger partial charge < -0.3 is 9.64 Å². The number of rotatable bonds is 4. The summed E-state index contributed by atoms with van der Waals surface area (Å²) in [7, 11) is 0. The second-order valence-corrected chi connectivity index (χ2v) is 9.89. The Morgan fingerprint density at radius 3 is 2.73 bits per heavy atom. The Morgan fingerprint density at radius 2 is 1.89 bits per heavy atom. The fourth-order valence-electron chi connectivity index (χ4n) is 5.58. The van der Waals surface area contributed by atoms with Gasteiger partial charge in [0.25, 0.3) is 5.56 Å². The third kappa shape index (κ3) is 3.62. The molecular formula is C26H25ClN8O2. The molecular weight excluding hydrogens is 492 g/mol. The number of nitrogens with zero attached hydrogens (tertiary/aromatic N) is 8. The van der Waals surface area contributed by atoms with Gasteiger partial charge in [-0.05, 0) is 50.3 Å². The largest absolute Gasteiger partial charge is 0.358 e. The van der Waals surface area contributed by atoms with E-state index in [1.807, 2.05) is 34.9 Å². The number of imidazole rings is 1. The fourth-order valence-corrected chi connectivity index (χ4v) is 5.81. The van der Waals surface area contributed by atoms with E-state index in [9.17, 15) is 4.79 Å². The predicted octanol–water partition coefficient (Wildman–Crippen LogP) is 4.32. The molecule has 2 saturated heterocycles. The van der Waals surface area contributed by atoms with Crippen LogP contribution in [0.3, 0.4) is 0 Å². The highest BCUT2D eigenvalue weighted by Gasteiger charge is 2.34. The number of halogens is 1. The Balaban J connectivity index is 1.38. The number of ether oxygens (including phenoxy) is 1. The number of benzene rings is 1. The van der Waals surface area contributed by atoms with Crippen LogP contribution >= 0.6 is 11.6 Å². The first-order valence-electron chi connectivity index (χ1n) is 12.6. The zero-order valence-electron chi connectivity index (χ0n) is 20.1. The van der Waals surface area contributed by atoms with Gasteiger partial charge in [0.1, 0.15) is 18.1 Å². The van der Waals surface area contributed by atoms with Crippen molar-refractivity contribution in [3.63, 3.8) is 0 Å².